The highest BCUT2D eigenvalue weighted by molar-refractivity contribution is 5.89. The van der Waals surface area contributed by atoms with Gasteiger partial charge in [0.1, 0.15) is 6.04 Å². The lowest BCUT2D eigenvalue weighted by molar-refractivity contribution is -0.143. The van der Waals surface area contributed by atoms with Crippen LogP contribution in [0.5, 0.6) is 0 Å². The third-order valence-electron chi connectivity index (χ3n) is 2.54. The minimum absolute atomic E-state index is 0.0454. The molecule has 0 heterocycles. The van der Waals surface area contributed by atoms with Crippen LogP contribution in [0.1, 0.15) is 33.1 Å². The van der Waals surface area contributed by atoms with E-state index >= 15 is 0 Å². The summed E-state index contributed by atoms with van der Waals surface area (Å²) in [5.74, 6) is -2.39. The van der Waals surface area contributed by atoms with Gasteiger partial charge in [-0.3, -0.25) is 9.59 Å². The Hall–Kier alpha value is -1.63. The van der Waals surface area contributed by atoms with Crippen molar-refractivity contribution in [3.63, 3.8) is 0 Å². The normalized spacial score (nSPS) is 15.7. The fraction of sp³-hybridized carbons (Fsp3) is 0.700. The van der Waals surface area contributed by atoms with Gasteiger partial charge >= 0.3 is 5.97 Å². The topological polar surface area (TPSA) is 136 Å². The molecule has 1 unspecified atom stereocenters. The maximum absolute atomic E-state index is 11.6. The number of carbonyl (C=O) groups is 3. The first-order valence-corrected chi connectivity index (χ1v) is 5.31. The van der Waals surface area contributed by atoms with E-state index in [1.165, 1.54) is 6.92 Å². The standard InChI is InChI=1S/C10H19N3O4/c1-3-10(2,12)9(17)13-6(8(15)16)4-5-7(11)14/h6H,3-5,12H2,1-2H3,(H2,11,14)(H,13,17)(H,15,16)/t6-,10?/m1/s1. The molecule has 0 aromatic heterocycles. The number of carbonyl (C=O) groups excluding carboxylic acids is 2. The van der Waals surface area contributed by atoms with E-state index in [0.717, 1.165) is 0 Å². The molecule has 0 saturated carbocycles. The number of rotatable bonds is 7. The zero-order chi connectivity index (χ0) is 13.6. The summed E-state index contributed by atoms with van der Waals surface area (Å²) in [4.78, 5) is 33.1. The van der Waals surface area contributed by atoms with Crippen molar-refractivity contribution < 1.29 is 19.5 Å². The van der Waals surface area contributed by atoms with E-state index in [2.05, 4.69) is 5.32 Å². The predicted octanol–water partition coefficient (Wildman–Crippen LogP) is -1.05. The van der Waals surface area contributed by atoms with Crippen molar-refractivity contribution in [3.05, 3.63) is 0 Å². The molecule has 0 fully saturated rings. The smallest absolute Gasteiger partial charge is 0.326 e. The molecule has 0 aliphatic carbocycles. The highest BCUT2D eigenvalue weighted by atomic mass is 16.4. The average molecular weight is 245 g/mol. The molecule has 7 nitrogen and oxygen atoms in total. The number of primary amides is 1. The summed E-state index contributed by atoms with van der Waals surface area (Å²) in [6.07, 6.45) is 0.224. The van der Waals surface area contributed by atoms with Crippen LogP contribution in [0.3, 0.4) is 0 Å². The van der Waals surface area contributed by atoms with Gasteiger partial charge in [-0.15, -0.1) is 0 Å². The van der Waals surface area contributed by atoms with Crippen LogP contribution in [0.25, 0.3) is 0 Å². The van der Waals surface area contributed by atoms with Gasteiger partial charge in [-0.1, -0.05) is 6.92 Å². The molecule has 0 aliphatic rings. The molecule has 17 heavy (non-hydrogen) atoms. The van der Waals surface area contributed by atoms with Crippen LogP contribution in [0.4, 0.5) is 0 Å². The largest absolute Gasteiger partial charge is 0.480 e. The van der Waals surface area contributed by atoms with Crippen LogP contribution in [0.2, 0.25) is 0 Å². The van der Waals surface area contributed by atoms with E-state index in [4.69, 9.17) is 16.6 Å². The molecule has 6 N–H and O–H groups in total. The number of carboxylic acid groups (broad SMARTS) is 1. The SMILES string of the molecule is CCC(C)(N)C(=O)N[C@H](CCC(N)=O)C(=O)O. The fourth-order valence-corrected chi connectivity index (χ4v) is 1.03. The van der Waals surface area contributed by atoms with Crippen LogP contribution in [0.15, 0.2) is 0 Å². The highest BCUT2D eigenvalue weighted by Crippen LogP contribution is 2.06. The van der Waals surface area contributed by atoms with E-state index in [9.17, 15) is 14.4 Å². The quantitative estimate of drug-likeness (QED) is 0.453. The van der Waals surface area contributed by atoms with Gasteiger partial charge in [0, 0.05) is 6.42 Å². The summed E-state index contributed by atoms with van der Waals surface area (Å²) in [6, 6.07) is -1.15. The maximum Gasteiger partial charge on any atom is 0.326 e. The van der Waals surface area contributed by atoms with E-state index in [1.807, 2.05) is 0 Å². The Morgan fingerprint density at radius 3 is 2.29 bits per heavy atom. The van der Waals surface area contributed by atoms with E-state index in [1.54, 1.807) is 6.92 Å². The van der Waals surface area contributed by atoms with Crippen molar-refractivity contribution in [2.45, 2.75) is 44.7 Å². The molecule has 7 heteroatoms. The van der Waals surface area contributed by atoms with Gasteiger partial charge in [0.25, 0.3) is 0 Å². The summed E-state index contributed by atoms with van der Waals surface area (Å²) in [7, 11) is 0. The van der Waals surface area contributed by atoms with Crippen molar-refractivity contribution in [1.29, 1.82) is 0 Å². The molecule has 2 atom stereocenters. The Kier molecular flexibility index (Phi) is 5.60. The molecule has 0 saturated heterocycles. The van der Waals surface area contributed by atoms with Gasteiger partial charge in [0.2, 0.25) is 11.8 Å². The van der Waals surface area contributed by atoms with Crippen molar-refractivity contribution in [2.75, 3.05) is 0 Å². The molecule has 0 aromatic carbocycles. The lowest BCUT2D eigenvalue weighted by Crippen LogP contribution is -2.55. The second kappa shape index (κ2) is 6.19. The minimum atomic E-state index is -1.22. The van der Waals surface area contributed by atoms with E-state index in [0.29, 0.717) is 6.42 Å². The van der Waals surface area contributed by atoms with Gasteiger partial charge in [-0.25, -0.2) is 4.79 Å². The Morgan fingerprint density at radius 2 is 1.94 bits per heavy atom. The van der Waals surface area contributed by atoms with Gasteiger partial charge in [0.05, 0.1) is 5.54 Å². The second-order valence-electron chi connectivity index (χ2n) is 4.14. The molecule has 0 rings (SSSR count). The Labute approximate surface area is 99.5 Å². The van der Waals surface area contributed by atoms with Gasteiger partial charge < -0.3 is 21.9 Å². The molecule has 2 amide bonds. The molecular weight excluding hydrogens is 226 g/mol. The molecule has 0 radical (unpaired) electrons. The minimum Gasteiger partial charge on any atom is -0.480 e. The Balaban J connectivity index is 4.50. The van der Waals surface area contributed by atoms with Crippen molar-refractivity contribution in [3.8, 4) is 0 Å². The van der Waals surface area contributed by atoms with Crippen LogP contribution in [-0.4, -0.2) is 34.5 Å². The van der Waals surface area contributed by atoms with Gasteiger partial charge in [0.15, 0.2) is 0 Å². The van der Waals surface area contributed by atoms with E-state index in [-0.39, 0.29) is 12.8 Å². The number of aliphatic carboxylic acids is 1. The lowest BCUT2D eigenvalue weighted by atomic mass is 9.98. The van der Waals surface area contributed by atoms with Crippen LogP contribution in [0, 0.1) is 0 Å². The summed E-state index contributed by atoms with van der Waals surface area (Å²) in [5.41, 5.74) is 9.46. The first-order chi connectivity index (χ1) is 7.70. The average Bonchev–Trinajstić information content (AvgIpc) is 2.22. The zero-order valence-electron chi connectivity index (χ0n) is 10.0. The fourth-order valence-electron chi connectivity index (χ4n) is 1.03. The van der Waals surface area contributed by atoms with Crippen LogP contribution in [-0.2, 0) is 14.4 Å². The summed E-state index contributed by atoms with van der Waals surface area (Å²) >= 11 is 0. The van der Waals surface area contributed by atoms with Gasteiger partial charge in [-0.05, 0) is 19.8 Å². The number of nitrogens with two attached hydrogens (primary N) is 2. The highest BCUT2D eigenvalue weighted by Gasteiger charge is 2.30. The summed E-state index contributed by atoms with van der Waals surface area (Å²) in [5, 5.41) is 11.2. The van der Waals surface area contributed by atoms with Gasteiger partial charge in [-0.2, -0.15) is 0 Å². The number of hydrogen-bond acceptors (Lipinski definition) is 4. The van der Waals surface area contributed by atoms with Crippen molar-refractivity contribution in [2.24, 2.45) is 11.5 Å². The number of nitrogens with one attached hydrogen (secondary N) is 1. The maximum atomic E-state index is 11.6. The third-order valence-corrected chi connectivity index (χ3v) is 2.54. The molecule has 0 aliphatic heterocycles. The summed E-state index contributed by atoms with van der Waals surface area (Å²) < 4.78 is 0. The molecular formula is C10H19N3O4. The van der Waals surface area contributed by atoms with E-state index < -0.39 is 29.4 Å². The number of hydrogen-bond donors (Lipinski definition) is 4. The first-order valence-electron chi connectivity index (χ1n) is 5.31. The molecule has 98 valence electrons. The lowest BCUT2D eigenvalue weighted by Gasteiger charge is -2.24. The van der Waals surface area contributed by atoms with Crippen LogP contribution < -0.4 is 16.8 Å². The molecule has 0 bridgehead atoms. The monoisotopic (exact) mass is 245 g/mol. The molecule has 0 spiro atoms. The van der Waals surface area contributed by atoms with Crippen molar-refractivity contribution in [1.82, 2.24) is 5.32 Å². The van der Waals surface area contributed by atoms with Crippen molar-refractivity contribution >= 4 is 17.8 Å². The Bertz CT molecular complexity index is 315. The summed E-state index contributed by atoms with van der Waals surface area (Å²) in [6.45, 7) is 3.23. The van der Waals surface area contributed by atoms with Crippen LogP contribution >= 0.6 is 0 Å². The predicted molar refractivity (Wildman–Crippen MR) is 60.9 cm³/mol. The third kappa shape index (κ3) is 5.30. The number of carboxylic acids is 1. The molecule has 0 aromatic rings. The second-order valence-corrected chi connectivity index (χ2v) is 4.14. The number of amides is 2. The first kappa shape index (κ1) is 15.4. The Morgan fingerprint density at radius 1 is 1.41 bits per heavy atom. The zero-order valence-corrected chi connectivity index (χ0v) is 10.0.